The van der Waals surface area contributed by atoms with Gasteiger partial charge in [-0.25, -0.2) is 0 Å². The first-order valence-corrected chi connectivity index (χ1v) is 6.07. The Labute approximate surface area is 111 Å². The van der Waals surface area contributed by atoms with Crippen molar-refractivity contribution < 1.29 is 9.84 Å². The van der Waals surface area contributed by atoms with Gasteiger partial charge >= 0.3 is 0 Å². The molecular weight excluding hydrogens is 252 g/mol. The largest absolute Gasteiger partial charge is 0.491 e. The molecule has 4 nitrogen and oxygen atoms in total. The average Bonchev–Trinajstić information content (AvgIpc) is 2.77. The van der Waals surface area contributed by atoms with Gasteiger partial charge in [-0.3, -0.25) is 4.68 Å². The Morgan fingerprint density at radius 3 is 2.94 bits per heavy atom. The Kier molecular flexibility index (Phi) is 4.23. The topological polar surface area (TPSA) is 47.3 Å². The van der Waals surface area contributed by atoms with E-state index in [0.29, 0.717) is 22.9 Å². The maximum absolute atomic E-state index is 9.21. The van der Waals surface area contributed by atoms with E-state index in [-0.39, 0.29) is 6.61 Å². The number of hydrogen-bond acceptors (Lipinski definition) is 3. The first-order chi connectivity index (χ1) is 8.70. The monoisotopic (exact) mass is 266 g/mol. The summed E-state index contributed by atoms with van der Waals surface area (Å²) in [5.41, 5.74) is 1.81. The highest BCUT2D eigenvalue weighted by molar-refractivity contribution is 6.32. The van der Waals surface area contributed by atoms with Crippen LogP contribution >= 0.6 is 11.6 Å². The summed E-state index contributed by atoms with van der Waals surface area (Å²) in [5.74, 6) is 0.561. The molecule has 1 aromatic heterocycles. The molecule has 0 saturated heterocycles. The van der Waals surface area contributed by atoms with Gasteiger partial charge in [-0.2, -0.15) is 5.10 Å². The van der Waals surface area contributed by atoms with Gasteiger partial charge in [0.1, 0.15) is 5.75 Å². The Morgan fingerprint density at radius 1 is 1.44 bits per heavy atom. The third-order valence-electron chi connectivity index (χ3n) is 2.61. The van der Waals surface area contributed by atoms with E-state index in [2.05, 4.69) is 5.10 Å². The number of ether oxygens (including phenoxy) is 1. The molecular formula is C13H15ClN2O2. The van der Waals surface area contributed by atoms with Gasteiger partial charge in [-0.05, 0) is 11.6 Å². The van der Waals surface area contributed by atoms with Crippen molar-refractivity contribution in [3.05, 3.63) is 46.7 Å². The lowest BCUT2D eigenvalue weighted by Gasteiger charge is -2.11. The molecule has 0 radical (unpaired) electrons. The number of para-hydroxylation sites is 1. The first kappa shape index (κ1) is 12.9. The number of hydrogen-bond donors (Lipinski definition) is 1. The highest BCUT2D eigenvalue weighted by Gasteiger charge is 2.07. The lowest BCUT2D eigenvalue weighted by atomic mass is 10.2. The molecule has 0 unspecified atom stereocenters. The van der Waals surface area contributed by atoms with E-state index in [9.17, 15) is 5.11 Å². The van der Waals surface area contributed by atoms with Crippen LogP contribution in [0.1, 0.15) is 11.1 Å². The molecule has 0 atom stereocenters. The standard InChI is InChI=1S/C13H15ClN2O2/c1-16-8-10(7-15-16)5-6-18-13-11(9-17)3-2-4-12(13)14/h2-4,7-8,17H,5-6,9H2,1H3. The van der Waals surface area contributed by atoms with Crippen LogP contribution < -0.4 is 4.74 Å². The van der Waals surface area contributed by atoms with Crippen molar-refractivity contribution in [1.29, 1.82) is 0 Å². The summed E-state index contributed by atoms with van der Waals surface area (Å²) in [5, 5.41) is 13.8. The summed E-state index contributed by atoms with van der Waals surface area (Å²) in [6.45, 7) is 0.422. The summed E-state index contributed by atoms with van der Waals surface area (Å²) in [4.78, 5) is 0. The van der Waals surface area contributed by atoms with Crippen LogP contribution in [0.15, 0.2) is 30.6 Å². The summed E-state index contributed by atoms with van der Waals surface area (Å²) < 4.78 is 7.40. The van der Waals surface area contributed by atoms with Crippen molar-refractivity contribution in [2.75, 3.05) is 6.61 Å². The highest BCUT2D eigenvalue weighted by Crippen LogP contribution is 2.28. The van der Waals surface area contributed by atoms with E-state index in [4.69, 9.17) is 16.3 Å². The molecule has 0 amide bonds. The fraction of sp³-hybridized carbons (Fsp3) is 0.308. The molecule has 2 aromatic rings. The van der Waals surface area contributed by atoms with Crippen LogP contribution in [0.4, 0.5) is 0 Å². The second kappa shape index (κ2) is 5.89. The van der Waals surface area contributed by atoms with Gasteiger partial charge in [0, 0.05) is 25.2 Å². The molecule has 0 saturated carbocycles. The smallest absolute Gasteiger partial charge is 0.143 e. The summed E-state index contributed by atoms with van der Waals surface area (Å²) in [7, 11) is 1.88. The van der Waals surface area contributed by atoms with Crippen molar-refractivity contribution in [2.24, 2.45) is 7.05 Å². The maximum atomic E-state index is 9.21. The van der Waals surface area contributed by atoms with E-state index in [1.54, 1.807) is 22.9 Å². The normalized spacial score (nSPS) is 10.6. The first-order valence-electron chi connectivity index (χ1n) is 5.69. The number of benzene rings is 1. The quantitative estimate of drug-likeness (QED) is 0.902. The maximum Gasteiger partial charge on any atom is 0.143 e. The molecule has 96 valence electrons. The molecule has 0 spiro atoms. The summed E-state index contributed by atoms with van der Waals surface area (Å²) in [6.07, 6.45) is 4.51. The van der Waals surface area contributed by atoms with Crippen molar-refractivity contribution in [1.82, 2.24) is 9.78 Å². The minimum Gasteiger partial charge on any atom is -0.491 e. The minimum atomic E-state index is -0.0806. The fourth-order valence-corrected chi connectivity index (χ4v) is 1.96. The third-order valence-corrected chi connectivity index (χ3v) is 2.91. The van der Waals surface area contributed by atoms with E-state index in [1.165, 1.54) is 0 Å². The van der Waals surface area contributed by atoms with Crippen molar-refractivity contribution >= 4 is 11.6 Å². The molecule has 0 fully saturated rings. The molecule has 0 aliphatic rings. The van der Waals surface area contributed by atoms with E-state index in [1.807, 2.05) is 19.4 Å². The van der Waals surface area contributed by atoms with E-state index < -0.39 is 0 Å². The predicted molar refractivity (Wildman–Crippen MR) is 69.8 cm³/mol. The number of rotatable bonds is 5. The molecule has 0 aliphatic carbocycles. The number of halogens is 1. The van der Waals surface area contributed by atoms with Gasteiger partial charge in [0.15, 0.2) is 0 Å². The third kappa shape index (κ3) is 3.03. The lowest BCUT2D eigenvalue weighted by molar-refractivity contribution is 0.264. The number of nitrogens with zero attached hydrogens (tertiary/aromatic N) is 2. The zero-order valence-corrected chi connectivity index (χ0v) is 10.9. The van der Waals surface area contributed by atoms with Crippen LogP contribution in [0.3, 0.4) is 0 Å². The predicted octanol–water partition coefficient (Wildman–Crippen LogP) is 2.19. The number of aryl methyl sites for hydroxylation is 1. The molecule has 18 heavy (non-hydrogen) atoms. The molecule has 5 heteroatoms. The number of aliphatic hydroxyl groups excluding tert-OH is 1. The second-order valence-corrected chi connectivity index (χ2v) is 4.41. The van der Waals surface area contributed by atoms with Crippen LogP contribution in [0.5, 0.6) is 5.75 Å². The Bertz CT molecular complexity index is 525. The van der Waals surface area contributed by atoms with Crippen LogP contribution in [-0.4, -0.2) is 21.5 Å². The molecule has 0 bridgehead atoms. The average molecular weight is 267 g/mol. The number of aliphatic hydroxyl groups is 1. The zero-order chi connectivity index (χ0) is 13.0. The fourth-order valence-electron chi connectivity index (χ4n) is 1.71. The van der Waals surface area contributed by atoms with Gasteiger partial charge in [0.25, 0.3) is 0 Å². The van der Waals surface area contributed by atoms with Crippen LogP contribution in [-0.2, 0) is 20.1 Å². The van der Waals surface area contributed by atoms with Crippen molar-refractivity contribution in [3.63, 3.8) is 0 Å². The minimum absolute atomic E-state index is 0.0806. The van der Waals surface area contributed by atoms with Gasteiger partial charge in [0.2, 0.25) is 0 Å². The Hall–Kier alpha value is -1.52. The Morgan fingerprint density at radius 2 is 2.28 bits per heavy atom. The SMILES string of the molecule is Cn1cc(CCOc2c(Cl)cccc2CO)cn1. The lowest BCUT2D eigenvalue weighted by Crippen LogP contribution is -2.03. The number of aromatic nitrogens is 2. The molecule has 1 aromatic carbocycles. The van der Waals surface area contributed by atoms with Gasteiger partial charge < -0.3 is 9.84 Å². The second-order valence-electron chi connectivity index (χ2n) is 4.01. The van der Waals surface area contributed by atoms with Gasteiger partial charge in [-0.15, -0.1) is 0 Å². The van der Waals surface area contributed by atoms with Gasteiger partial charge in [0.05, 0.1) is 24.4 Å². The van der Waals surface area contributed by atoms with Crippen LogP contribution in [0.2, 0.25) is 5.02 Å². The Balaban J connectivity index is 1.98. The van der Waals surface area contributed by atoms with E-state index >= 15 is 0 Å². The van der Waals surface area contributed by atoms with Crippen molar-refractivity contribution in [2.45, 2.75) is 13.0 Å². The van der Waals surface area contributed by atoms with Crippen LogP contribution in [0.25, 0.3) is 0 Å². The molecule has 1 heterocycles. The zero-order valence-electron chi connectivity index (χ0n) is 10.1. The van der Waals surface area contributed by atoms with Crippen molar-refractivity contribution in [3.8, 4) is 5.75 Å². The van der Waals surface area contributed by atoms with Crippen LogP contribution in [0, 0.1) is 0 Å². The summed E-state index contributed by atoms with van der Waals surface area (Å²) in [6, 6.07) is 5.34. The highest BCUT2D eigenvalue weighted by atomic mass is 35.5. The van der Waals surface area contributed by atoms with E-state index in [0.717, 1.165) is 12.0 Å². The molecule has 0 aliphatic heterocycles. The summed E-state index contributed by atoms with van der Waals surface area (Å²) >= 11 is 6.04. The molecule has 2 rings (SSSR count). The molecule has 1 N–H and O–H groups in total. The van der Waals surface area contributed by atoms with Gasteiger partial charge in [-0.1, -0.05) is 23.7 Å².